The van der Waals surface area contributed by atoms with Gasteiger partial charge in [0.1, 0.15) is 5.25 Å². The highest BCUT2D eigenvalue weighted by molar-refractivity contribution is 8.15. The molecule has 1 aliphatic heterocycles. The lowest BCUT2D eigenvalue weighted by Gasteiger charge is -2.16. The number of carbonyl (C=O) groups is 2. The second-order valence-electron chi connectivity index (χ2n) is 8.35. The Bertz CT molecular complexity index is 1420. The molecule has 1 N–H and O–H groups in total. The predicted octanol–water partition coefficient (Wildman–Crippen LogP) is 5.70. The van der Waals surface area contributed by atoms with Crippen molar-refractivity contribution in [3.63, 3.8) is 0 Å². The number of rotatable bonds is 6. The third-order valence-corrected chi connectivity index (χ3v) is 6.98. The van der Waals surface area contributed by atoms with Gasteiger partial charge in [0.15, 0.2) is 5.17 Å². The number of anilines is 1. The van der Waals surface area contributed by atoms with Gasteiger partial charge in [0.05, 0.1) is 17.9 Å². The topological polar surface area (TPSA) is 74.7 Å². The van der Waals surface area contributed by atoms with Gasteiger partial charge in [-0.05, 0) is 53.6 Å². The molecule has 174 valence electrons. The van der Waals surface area contributed by atoms with Crippen molar-refractivity contribution < 1.29 is 9.59 Å². The van der Waals surface area contributed by atoms with Crippen LogP contribution in [0.3, 0.4) is 0 Å². The number of para-hydroxylation sites is 1. The molecule has 1 fully saturated rings. The van der Waals surface area contributed by atoms with Crippen LogP contribution in [0.15, 0.2) is 96.1 Å². The summed E-state index contributed by atoms with van der Waals surface area (Å²) in [6.45, 7) is 2.29. The number of thioether (sulfide) groups is 1. The number of aryl methyl sites for hydroxylation is 1. The number of aliphatic imine (C=N–C) groups is 1. The first-order valence-corrected chi connectivity index (χ1v) is 12.3. The highest BCUT2D eigenvalue weighted by Crippen LogP contribution is 2.33. The summed E-state index contributed by atoms with van der Waals surface area (Å²) in [7, 11) is 0. The number of fused-ring (bicyclic) bond motifs is 1. The maximum atomic E-state index is 13.4. The monoisotopic (exact) mass is 480 g/mol. The third-order valence-electron chi connectivity index (χ3n) is 5.80. The fourth-order valence-corrected chi connectivity index (χ4v) is 5.11. The van der Waals surface area contributed by atoms with E-state index >= 15 is 0 Å². The normalized spacial score (nSPS) is 16.7. The van der Waals surface area contributed by atoms with Gasteiger partial charge in [-0.25, -0.2) is 4.99 Å². The van der Waals surface area contributed by atoms with E-state index in [1.54, 1.807) is 11.1 Å². The van der Waals surface area contributed by atoms with E-state index < -0.39 is 5.25 Å². The van der Waals surface area contributed by atoms with E-state index in [9.17, 15) is 9.59 Å². The van der Waals surface area contributed by atoms with Gasteiger partial charge in [-0.2, -0.15) is 0 Å². The second-order valence-corrected chi connectivity index (χ2v) is 9.52. The molecular formula is C28H24N4O2S. The molecule has 0 radical (unpaired) electrons. The van der Waals surface area contributed by atoms with Crippen molar-refractivity contribution in [2.75, 3.05) is 5.32 Å². The van der Waals surface area contributed by atoms with Crippen LogP contribution in [-0.4, -0.2) is 32.1 Å². The molecule has 6 nitrogen and oxygen atoms in total. The van der Waals surface area contributed by atoms with Gasteiger partial charge in [-0.3, -0.25) is 19.5 Å². The lowest BCUT2D eigenvalue weighted by atomic mass is 10.1. The van der Waals surface area contributed by atoms with E-state index in [4.69, 9.17) is 4.99 Å². The van der Waals surface area contributed by atoms with Crippen LogP contribution in [0.5, 0.6) is 0 Å². The first kappa shape index (κ1) is 22.8. The Labute approximate surface area is 208 Å². The summed E-state index contributed by atoms with van der Waals surface area (Å²) in [5, 5.41) is 5.13. The number of carbonyl (C=O) groups excluding carboxylic acids is 2. The maximum absolute atomic E-state index is 13.4. The van der Waals surface area contributed by atoms with Crippen LogP contribution in [0, 0.1) is 6.92 Å². The van der Waals surface area contributed by atoms with Crippen molar-refractivity contribution in [3.05, 3.63) is 102 Å². The van der Waals surface area contributed by atoms with Gasteiger partial charge >= 0.3 is 0 Å². The molecule has 5 rings (SSSR count). The molecule has 1 aromatic heterocycles. The number of amidine groups is 1. The van der Waals surface area contributed by atoms with Crippen LogP contribution in [0.1, 0.15) is 17.7 Å². The number of benzene rings is 3. The second kappa shape index (κ2) is 10.1. The fourth-order valence-electron chi connectivity index (χ4n) is 3.96. The molecule has 4 aromatic rings. The number of nitrogens with one attached hydrogen (secondary N) is 1. The standard InChI is InChI=1S/C28H24N4O2S/c1-19-8-2-5-12-24(19)31-28-32(18-23-11-6-7-15-29-23)27(34)25(35-28)17-26(33)30-22-14-13-20-9-3-4-10-21(20)16-22/h2-16,25H,17-18H2,1H3,(H,30,33)/t25-/m1/s1. The lowest BCUT2D eigenvalue weighted by molar-refractivity contribution is -0.128. The summed E-state index contributed by atoms with van der Waals surface area (Å²) in [5.41, 5.74) is 3.29. The molecule has 0 aliphatic carbocycles. The van der Waals surface area contributed by atoms with Gasteiger partial charge in [-0.1, -0.05) is 66.4 Å². The Morgan fingerprint density at radius 2 is 1.77 bits per heavy atom. The van der Waals surface area contributed by atoms with E-state index in [-0.39, 0.29) is 18.2 Å². The van der Waals surface area contributed by atoms with Crippen molar-refractivity contribution in [1.29, 1.82) is 0 Å². The molecule has 2 amide bonds. The zero-order valence-electron chi connectivity index (χ0n) is 19.2. The largest absolute Gasteiger partial charge is 0.326 e. The molecular weight excluding hydrogens is 456 g/mol. The molecule has 1 saturated heterocycles. The zero-order valence-corrected chi connectivity index (χ0v) is 20.0. The third kappa shape index (κ3) is 5.25. The van der Waals surface area contributed by atoms with Crippen LogP contribution >= 0.6 is 11.8 Å². The molecule has 0 bridgehead atoms. The number of amides is 2. The fraction of sp³-hybridized carbons (Fsp3) is 0.143. The van der Waals surface area contributed by atoms with Gasteiger partial charge in [0.2, 0.25) is 11.8 Å². The molecule has 1 atom stereocenters. The molecule has 7 heteroatoms. The van der Waals surface area contributed by atoms with Crippen molar-refractivity contribution in [2.24, 2.45) is 4.99 Å². The SMILES string of the molecule is Cc1ccccc1N=C1S[C@H](CC(=O)Nc2ccc3ccccc3c2)C(=O)N1Cc1ccccn1. The summed E-state index contributed by atoms with van der Waals surface area (Å²) in [6, 6.07) is 27.2. The number of hydrogen-bond acceptors (Lipinski definition) is 5. The molecule has 35 heavy (non-hydrogen) atoms. The minimum atomic E-state index is -0.554. The summed E-state index contributed by atoms with van der Waals surface area (Å²) >= 11 is 1.33. The number of aromatic nitrogens is 1. The number of hydrogen-bond donors (Lipinski definition) is 1. The Balaban J connectivity index is 1.35. The van der Waals surface area contributed by atoms with Gasteiger partial charge in [0.25, 0.3) is 0 Å². The van der Waals surface area contributed by atoms with E-state index in [1.165, 1.54) is 11.8 Å². The predicted molar refractivity (Wildman–Crippen MR) is 142 cm³/mol. The Morgan fingerprint density at radius 1 is 1.00 bits per heavy atom. The quantitative estimate of drug-likeness (QED) is 0.384. The van der Waals surface area contributed by atoms with Crippen molar-refractivity contribution >= 4 is 50.9 Å². The average molecular weight is 481 g/mol. The average Bonchev–Trinajstić information content (AvgIpc) is 3.14. The molecule has 0 saturated carbocycles. The highest BCUT2D eigenvalue weighted by atomic mass is 32.2. The van der Waals surface area contributed by atoms with Crippen molar-refractivity contribution in [2.45, 2.75) is 25.1 Å². The zero-order chi connectivity index (χ0) is 24.2. The van der Waals surface area contributed by atoms with Crippen LogP contribution in [0.25, 0.3) is 10.8 Å². The minimum absolute atomic E-state index is 0.0574. The molecule has 1 aliphatic rings. The Morgan fingerprint density at radius 3 is 2.57 bits per heavy atom. The molecule has 3 aromatic carbocycles. The van der Waals surface area contributed by atoms with Crippen LogP contribution in [-0.2, 0) is 16.1 Å². The highest BCUT2D eigenvalue weighted by Gasteiger charge is 2.39. The van der Waals surface area contributed by atoms with Gasteiger partial charge in [0, 0.05) is 18.3 Å². The molecule has 2 heterocycles. The van der Waals surface area contributed by atoms with Gasteiger partial charge < -0.3 is 5.32 Å². The van der Waals surface area contributed by atoms with Gasteiger partial charge in [-0.15, -0.1) is 0 Å². The van der Waals surface area contributed by atoms with Crippen molar-refractivity contribution in [1.82, 2.24) is 9.88 Å². The van der Waals surface area contributed by atoms with Crippen LogP contribution < -0.4 is 5.32 Å². The van der Waals surface area contributed by atoms with Crippen LogP contribution in [0.2, 0.25) is 0 Å². The summed E-state index contributed by atoms with van der Waals surface area (Å²) in [6.07, 6.45) is 1.76. The number of nitrogens with zero attached hydrogens (tertiary/aromatic N) is 3. The Kier molecular flexibility index (Phi) is 6.59. The number of pyridine rings is 1. The maximum Gasteiger partial charge on any atom is 0.243 e. The Hall–Kier alpha value is -3.97. The smallest absolute Gasteiger partial charge is 0.243 e. The summed E-state index contributed by atoms with van der Waals surface area (Å²) in [4.78, 5) is 37.0. The summed E-state index contributed by atoms with van der Waals surface area (Å²) in [5.74, 6) is -0.345. The van der Waals surface area contributed by atoms with Crippen molar-refractivity contribution in [3.8, 4) is 0 Å². The lowest BCUT2D eigenvalue weighted by Crippen LogP contribution is -2.33. The van der Waals surface area contributed by atoms with E-state index in [0.29, 0.717) is 17.4 Å². The first-order valence-electron chi connectivity index (χ1n) is 11.4. The van der Waals surface area contributed by atoms with Crippen LogP contribution in [0.4, 0.5) is 11.4 Å². The molecule has 0 spiro atoms. The van der Waals surface area contributed by atoms with E-state index in [1.807, 2.05) is 91.9 Å². The molecule has 0 unspecified atom stereocenters. The minimum Gasteiger partial charge on any atom is -0.326 e. The van der Waals surface area contributed by atoms with E-state index in [0.717, 1.165) is 27.7 Å². The summed E-state index contributed by atoms with van der Waals surface area (Å²) < 4.78 is 0. The van der Waals surface area contributed by atoms with E-state index in [2.05, 4.69) is 10.3 Å². The first-order chi connectivity index (χ1) is 17.1.